The molecule has 1 unspecified atom stereocenters. The van der Waals surface area contributed by atoms with Crippen molar-refractivity contribution in [2.45, 2.75) is 25.7 Å². The summed E-state index contributed by atoms with van der Waals surface area (Å²) in [5.41, 5.74) is 2.21. The predicted molar refractivity (Wildman–Crippen MR) is 113 cm³/mol. The van der Waals surface area contributed by atoms with Crippen molar-refractivity contribution in [3.63, 3.8) is 0 Å². The Morgan fingerprint density at radius 3 is 2.38 bits per heavy atom. The van der Waals surface area contributed by atoms with Crippen molar-refractivity contribution in [3.05, 3.63) is 100 Å². The molecule has 0 aliphatic carbocycles. The normalized spacial score (nSPS) is 18.1. The average molecular weight is 408 g/mol. The Hall–Kier alpha value is -2.82. The Morgan fingerprint density at radius 1 is 1.00 bits per heavy atom. The summed E-state index contributed by atoms with van der Waals surface area (Å²) in [6, 6.07) is 22.0. The van der Waals surface area contributed by atoms with Gasteiger partial charge in [0.15, 0.2) is 5.72 Å². The number of hydrogen-bond acceptors (Lipinski definition) is 3. The fourth-order valence-corrected chi connectivity index (χ4v) is 4.01. The smallest absolute Gasteiger partial charge is 0.257 e. The molecular formula is C24H22ClNO3. The molecule has 0 radical (unpaired) electrons. The lowest BCUT2D eigenvalue weighted by Crippen LogP contribution is -2.47. The molecule has 0 aromatic heterocycles. The molecule has 1 atom stereocenters. The molecule has 1 amide bonds. The molecule has 0 spiro atoms. The minimum Gasteiger partial charge on any atom is -0.508 e. The Kier molecular flexibility index (Phi) is 5.31. The maximum atomic E-state index is 13.3. The molecule has 0 fully saturated rings. The van der Waals surface area contributed by atoms with Crippen LogP contribution >= 0.6 is 11.6 Å². The lowest BCUT2D eigenvalue weighted by molar-refractivity contribution is -0.117. The highest BCUT2D eigenvalue weighted by molar-refractivity contribution is 6.30. The number of amides is 1. The van der Waals surface area contributed by atoms with E-state index in [0.717, 1.165) is 23.1 Å². The van der Waals surface area contributed by atoms with Gasteiger partial charge in [0.1, 0.15) is 5.75 Å². The van der Waals surface area contributed by atoms with Crippen molar-refractivity contribution in [3.8, 4) is 5.75 Å². The number of nitrogens with zero attached hydrogens (tertiary/aromatic N) is 1. The summed E-state index contributed by atoms with van der Waals surface area (Å²) in [6.07, 6.45) is 0.803. The van der Waals surface area contributed by atoms with Gasteiger partial charge < -0.3 is 14.7 Å². The summed E-state index contributed by atoms with van der Waals surface area (Å²) in [4.78, 5) is 15.1. The quantitative estimate of drug-likeness (QED) is 0.600. The van der Waals surface area contributed by atoms with Crippen molar-refractivity contribution in [2.75, 3.05) is 6.54 Å². The van der Waals surface area contributed by atoms with Crippen LogP contribution in [0.1, 0.15) is 40.4 Å². The minimum atomic E-state index is -1.04. The van der Waals surface area contributed by atoms with Crippen LogP contribution in [0.3, 0.4) is 0 Å². The SMILES string of the molecule is CCCN1C(=O)c2ccccc2C1(OCc1ccc(O)cc1)c1ccc(Cl)cc1. The Morgan fingerprint density at radius 2 is 1.69 bits per heavy atom. The lowest BCUT2D eigenvalue weighted by atomic mass is 9.93. The van der Waals surface area contributed by atoms with Gasteiger partial charge in [-0.05, 0) is 42.3 Å². The van der Waals surface area contributed by atoms with E-state index in [1.54, 1.807) is 17.0 Å². The number of fused-ring (bicyclic) bond motifs is 1. The molecule has 4 rings (SSSR count). The molecule has 0 bridgehead atoms. The highest BCUT2D eigenvalue weighted by Gasteiger charge is 2.51. The second-order valence-electron chi connectivity index (χ2n) is 7.11. The van der Waals surface area contributed by atoms with Crippen LogP contribution in [-0.2, 0) is 17.1 Å². The van der Waals surface area contributed by atoms with Crippen molar-refractivity contribution < 1.29 is 14.6 Å². The summed E-state index contributed by atoms with van der Waals surface area (Å²) in [5, 5.41) is 10.2. The molecule has 1 aliphatic heterocycles. The molecule has 3 aromatic carbocycles. The summed E-state index contributed by atoms with van der Waals surface area (Å²) < 4.78 is 6.58. The number of benzene rings is 3. The van der Waals surface area contributed by atoms with Gasteiger partial charge in [0.2, 0.25) is 0 Å². The first-order valence-corrected chi connectivity index (χ1v) is 10.0. The zero-order chi connectivity index (χ0) is 20.4. The van der Waals surface area contributed by atoms with Crippen LogP contribution in [-0.4, -0.2) is 22.5 Å². The van der Waals surface area contributed by atoms with Crippen LogP contribution in [0.2, 0.25) is 5.02 Å². The number of phenols is 1. The van der Waals surface area contributed by atoms with Crippen LogP contribution in [0.25, 0.3) is 0 Å². The topological polar surface area (TPSA) is 49.8 Å². The van der Waals surface area contributed by atoms with E-state index < -0.39 is 5.72 Å². The van der Waals surface area contributed by atoms with Crippen molar-refractivity contribution in [1.29, 1.82) is 0 Å². The number of ether oxygens (including phenoxy) is 1. The Balaban J connectivity index is 1.85. The predicted octanol–water partition coefficient (Wildman–Crippen LogP) is 5.33. The van der Waals surface area contributed by atoms with E-state index in [4.69, 9.17) is 16.3 Å². The largest absolute Gasteiger partial charge is 0.508 e. The molecule has 5 heteroatoms. The fraction of sp³-hybridized carbons (Fsp3) is 0.208. The van der Waals surface area contributed by atoms with Gasteiger partial charge in [0, 0.05) is 28.3 Å². The highest BCUT2D eigenvalue weighted by atomic mass is 35.5. The van der Waals surface area contributed by atoms with E-state index in [9.17, 15) is 9.90 Å². The molecule has 1 heterocycles. The first-order valence-electron chi connectivity index (χ1n) is 9.65. The summed E-state index contributed by atoms with van der Waals surface area (Å²) in [6.45, 7) is 2.89. The van der Waals surface area contributed by atoms with Gasteiger partial charge in [0.05, 0.1) is 6.61 Å². The summed E-state index contributed by atoms with van der Waals surface area (Å²) in [5.74, 6) is 0.165. The first kappa shape index (κ1) is 19.5. The van der Waals surface area contributed by atoms with Crippen LogP contribution in [0.15, 0.2) is 72.8 Å². The van der Waals surface area contributed by atoms with Crippen LogP contribution < -0.4 is 0 Å². The van der Waals surface area contributed by atoms with Crippen LogP contribution in [0.4, 0.5) is 0 Å². The first-order chi connectivity index (χ1) is 14.1. The third-order valence-corrected chi connectivity index (χ3v) is 5.47. The van der Waals surface area contributed by atoms with Gasteiger partial charge in [-0.25, -0.2) is 0 Å². The second-order valence-corrected chi connectivity index (χ2v) is 7.54. The number of hydrogen-bond donors (Lipinski definition) is 1. The minimum absolute atomic E-state index is 0.0388. The maximum absolute atomic E-state index is 13.3. The molecule has 29 heavy (non-hydrogen) atoms. The number of carbonyl (C=O) groups is 1. The van der Waals surface area contributed by atoms with Gasteiger partial charge in [-0.1, -0.05) is 61.0 Å². The number of halogens is 1. The number of aromatic hydroxyl groups is 1. The number of phenolic OH excluding ortho intramolecular Hbond substituents is 1. The van der Waals surface area contributed by atoms with E-state index in [1.165, 1.54) is 0 Å². The zero-order valence-electron chi connectivity index (χ0n) is 16.1. The molecule has 1 aliphatic rings. The van der Waals surface area contributed by atoms with E-state index in [1.807, 2.05) is 67.6 Å². The zero-order valence-corrected chi connectivity index (χ0v) is 16.9. The van der Waals surface area contributed by atoms with Gasteiger partial charge in [-0.15, -0.1) is 0 Å². The average Bonchev–Trinajstić information content (AvgIpc) is 2.98. The van der Waals surface area contributed by atoms with E-state index in [2.05, 4.69) is 0 Å². The van der Waals surface area contributed by atoms with Crippen LogP contribution in [0, 0.1) is 0 Å². The molecular weight excluding hydrogens is 386 g/mol. The Bertz CT molecular complexity index is 1020. The van der Waals surface area contributed by atoms with Crippen molar-refractivity contribution in [2.24, 2.45) is 0 Å². The molecule has 4 nitrogen and oxygen atoms in total. The Labute approximate surface area is 175 Å². The third-order valence-electron chi connectivity index (χ3n) is 5.21. The van der Waals surface area contributed by atoms with E-state index in [0.29, 0.717) is 17.1 Å². The lowest BCUT2D eigenvalue weighted by Gasteiger charge is -2.39. The molecule has 1 N–H and O–H groups in total. The number of rotatable bonds is 6. The molecule has 0 saturated heterocycles. The van der Waals surface area contributed by atoms with Crippen molar-refractivity contribution in [1.82, 2.24) is 4.90 Å². The standard InChI is InChI=1S/C24H22ClNO3/c1-2-15-26-23(28)21-5-3-4-6-22(21)24(26,18-9-11-19(25)12-10-18)29-16-17-7-13-20(27)14-8-17/h3-14,27H,2,15-16H2,1H3. The van der Waals surface area contributed by atoms with Crippen molar-refractivity contribution >= 4 is 17.5 Å². The van der Waals surface area contributed by atoms with Gasteiger partial charge in [-0.2, -0.15) is 0 Å². The fourth-order valence-electron chi connectivity index (χ4n) is 3.89. The monoisotopic (exact) mass is 407 g/mol. The third kappa shape index (κ3) is 3.39. The highest BCUT2D eigenvalue weighted by Crippen LogP contribution is 2.46. The number of carbonyl (C=O) groups excluding carboxylic acids is 1. The molecule has 3 aromatic rings. The summed E-state index contributed by atoms with van der Waals surface area (Å²) in [7, 11) is 0. The van der Waals surface area contributed by atoms with E-state index >= 15 is 0 Å². The van der Waals surface area contributed by atoms with Gasteiger partial charge >= 0.3 is 0 Å². The molecule has 148 valence electrons. The van der Waals surface area contributed by atoms with Gasteiger partial charge in [-0.3, -0.25) is 4.79 Å². The molecule has 0 saturated carbocycles. The second kappa shape index (κ2) is 7.90. The summed E-state index contributed by atoms with van der Waals surface area (Å²) >= 11 is 6.13. The van der Waals surface area contributed by atoms with Gasteiger partial charge in [0.25, 0.3) is 5.91 Å². The maximum Gasteiger partial charge on any atom is 0.257 e. The van der Waals surface area contributed by atoms with E-state index in [-0.39, 0.29) is 18.3 Å². The van der Waals surface area contributed by atoms with Crippen LogP contribution in [0.5, 0.6) is 5.75 Å².